The summed E-state index contributed by atoms with van der Waals surface area (Å²) in [5, 5.41) is 12.2. The first kappa shape index (κ1) is 28.3. The van der Waals surface area contributed by atoms with E-state index in [-0.39, 0.29) is 8.03 Å². The molecule has 1 aliphatic heterocycles. The molecule has 0 aliphatic carbocycles. The Morgan fingerprint density at radius 2 is 1.63 bits per heavy atom. The van der Waals surface area contributed by atoms with Crippen LogP contribution in [-0.4, -0.2) is 36.4 Å². The fourth-order valence-electron chi connectivity index (χ4n) is 3.75. The number of hydrogen-bond acceptors (Lipinski definition) is 5. The van der Waals surface area contributed by atoms with Gasteiger partial charge in [0.05, 0.1) is 19.8 Å². The van der Waals surface area contributed by atoms with Gasteiger partial charge in [0.15, 0.2) is 0 Å². The first-order valence-electron chi connectivity index (χ1n) is 12.8. The number of piperidine rings is 1. The van der Waals surface area contributed by atoms with Gasteiger partial charge in [-0.2, -0.15) is 0 Å². The SMILES string of the molecule is CC.Cc1ccc(CO)cc1C.[HH].c1ccc(OCCCOc2ccc(C3CCNCC3)cc2)nc1. The third-order valence-electron chi connectivity index (χ3n) is 5.89. The molecule has 1 fully saturated rings. The maximum atomic E-state index is 8.75. The lowest BCUT2D eigenvalue weighted by Crippen LogP contribution is -2.26. The second-order valence-corrected chi connectivity index (χ2v) is 8.39. The van der Waals surface area contributed by atoms with Gasteiger partial charge in [0.25, 0.3) is 0 Å². The Balaban J connectivity index is 0.000000421. The summed E-state index contributed by atoms with van der Waals surface area (Å²) < 4.78 is 11.3. The van der Waals surface area contributed by atoms with Gasteiger partial charge in [-0.15, -0.1) is 0 Å². The van der Waals surface area contributed by atoms with Crippen LogP contribution in [0, 0.1) is 13.8 Å². The lowest BCUT2D eigenvalue weighted by Gasteiger charge is -2.23. The Bertz CT molecular complexity index is 946. The van der Waals surface area contributed by atoms with Crippen molar-refractivity contribution in [2.75, 3.05) is 26.3 Å². The summed E-state index contributed by atoms with van der Waals surface area (Å²) in [6.45, 7) is 11.8. The average Bonchev–Trinajstić information content (AvgIpc) is 2.93. The number of aliphatic hydroxyl groups is 1. The van der Waals surface area contributed by atoms with E-state index in [0.29, 0.717) is 25.0 Å². The highest BCUT2D eigenvalue weighted by Gasteiger charge is 2.14. The number of nitrogens with one attached hydrogen (secondary N) is 1. The number of nitrogens with zero attached hydrogens (tertiary/aromatic N) is 1. The van der Waals surface area contributed by atoms with Gasteiger partial charge in [-0.1, -0.05) is 50.2 Å². The van der Waals surface area contributed by atoms with Crippen LogP contribution in [0.15, 0.2) is 66.9 Å². The van der Waals surface area contributed by atoms with E-state index < -0.39 is 0 Å². The van der Waals surface area contributed by atoms with Crippen LogP contribution >= 0.6 is 0 Å². The van der Waals surface area contributed by atoms with Crippen molar-refractivity contribution in [1.29, 1.82) is 0 Å². The molecule has 5 heteroatoms. The van der Waals surface area contributed by atoms with E-state index in [0.717, 1.165) is 30.8 Å². The van der Waals surface area contributed by atoms with E-state index in [1.165, 1.54) is 29.5 Å². The molecule has 0 radical (unpaired) electrons. The molecule has 5 nitrogen and oxygen atoms in total. The lowest BCUT2D eigenvalue weighted by atomic mass is 9.90. The fourth-order valence-corrected chi connectivity index (χ4v) is 3.75. The van der Waals surface area contributed by atoms with Gasteiger partial charge in [0, 0.05) is 20.1 Å². The minimum atomic E-state index is 0. The standard InChI is InChI=1S/C19H24N2O2.C9H12O.C2H6.H2/c1-2-11-21-19(4-1)23-15-3-14-22-18-7-5-16(6-8-18)17-9-12-20-13-10-17;1-7-3-4-9(6-10)5-8(7)2;1-2;/h1-2,4-8,11,17,20H,3,9-10,12-15H2;3-5,10H,6H2,1-2H3;1-2H3;1H. The van der Waals surface area contributed by atoms with E-state index in [2.05, 4.69) is 48.4 Å². The van der Waals surface area contributed by atoms with Crippen LogP contribution in [-0.2, 0) is 6.61 Å². The average molecular weight is 481 g/mol. The molecular weight excluding hydrogens is 436 g/mol. The summed E-state index contributed by atoms with van der Waals surface area (Å²) in [7, 11) is 0. The lowest BCUT2D eigenvalue weighted by molar-refractivity contribution is 0.242. The number of aliphatic hydroxyl groups excluding tert-OH is 1. The van der Waals surface area contributed by atoms with Crippen LogP contribution in [0.4, 0.5) is 0 Å². The summed E-state index contributed by atoms with van der Waals surface area (Å²) in [5.41, 5.74) is 4.93. The van der Waals surface area contributed by atoms with E-state index >= 15 is 0 Å². The van der Waals surface area contributed by atoms with Crippen LogP contribution in [0.2, 0.25) is 0 Å². The first-order chi connectivity index (χ1) is 17.2. The topological polar surface area (TPSA) is 63.6 Å². The number of aryl methyl sites for hydroxylation is 2. The molecule has 0 unspecified atom stereocenters. The molecule has 2 aromatic carbocycles. The maximum absolute atomic E-state index is 8.75. The zero-order valence-electron chi connectivity index (χ0n) is 21.8. The summed E-state index contributed by atoms with van der Waals surface area (Å²) in [6, 6.07) is 20.2. The number of aromatic nitrogens is 1. The number of ether oxygens (including phenoxy) is 2. The Hall–Kier alpha value is -2.89. The van der Waals surface area contributed by atoms with Crippen molar-refractivity contribution in [2.45, 2.75) is 59.5 Å². The molecule has 3 aromatic rings. The van der Waals surface area contributed by atoms with Crippen molar-refractivity contribution >= 4 is 0 Å². The van der Waals surface area contributed by atoms with Gasteiger partial charge in [-0.3, -0.25) is 0 Å². The number of hydrogen-bond donors (Lipinski definition) is 2. The second-order valence-electron chi connectivity index (χ2n) is 8.39. The Kier molecular flexibility index (Phi) is 13.5. The molecule has 2 N–H and O–H groups in total. The summed E-state index contributed by atoms with van der Waals surface area (Å²) in [5.74, 6) is 2.29. The van der Waals surface area contributed by atoms with Gasteiger partial charge in [0.1, 0.15) is 5.75 Å². The normalized spacial score (nSPS) is 13.1. The number of rotatable bonds is 8. The zero-order valence-corrected chi connectivity index (χ0v) is 21.8. The minimum Gasteiger partial charge on any atom is -0.493 e. The highest BCUT2D eigenvalue weighted by Crippen LogP contribution is 2.26. The van der Waals surface area contributed by atoms with Crippen LogP contribution in [0.25, 0.3) is 0 Å². The number of pyridine rings is 1. The largest absolute Gasteiger partial charge is 0.493 e. The predicted molar refractivity (Wildman–Crippen MR) is 146 cm³/mol. The highest BCUT2D eigenvalue weighted by atomic mass is 16.5. The van der Waals surface area contributed by atoms with Crippen molar-refractivity contribution in [3.63, 3.8) is 0 Å². The maximum Gasteiger partial charge on any atom is 0.213 e. The molecule has 4 rings (SSSR count). The van der Waals surface area contributed by atoms with Gasteiger partial charge in [-0.25, -0.2) is 4.98 Å². The van der Waals surface area contributed by atoms with Crippen molar-refractivity contribution < 1.29 is 16.0 Å². The van der Waals surface area contributed by atoms with Crippen molar-refractivity contribution in [3.8, 4) is 11.6 Å². The van der Waals surface area contributed by atoms with Crippen LogP contribution in [0.5, 0.6) is 11.6 Å². The zero-order chi connectivity index (χ0) is 25.3. The van der Waals surface area contributed by atoms with Crippen molar-refractivity contribution in [3.05, 3.63) is 89.1 Å². The van der Waals surface area contributed by atoms with Gasteiger partial charge in [0.2, 0.25) is 5.88 Å². The fraction of sp³-hybridized carbons (Fsp3) is 0.433. The van der Waals surface area contributed by atoms with Crippen molar-refractivity contribution in [2.24, 2.45) is 0 Å². The van der Waals surface area contributed by atoms with E-state index in [4.69, 9.17) is 14.6 Å². The minimum absolute atomic E-state index is 0. The molecular formula is C30H44N2O3. The van der Waals surface area contributed by atoms with Gasteiger partial charge in [-0.05, 0) is 86.1 Å². The molecule has 0 spiro atoms. The van der Waals surface area contributed by atoms with E-state index in [1.807, 2.05) is 50.2 Å². The molecule has 1 aromatic heterocycles. The Morgan fingerprint density at radius 1 is 0.914 bits per heavy atom. The molecule has 192 valence electrons. The second kappa shape index (κ2) is 16.7. The molecule has 0 saturated carbocycles. The van der Waals surface area contributed by atoms with Crippen molar-refractivity contribution in [1.82, 2.24) is 10.3 Å². The summed E-state index contributed by atoms with van der Waals surface area (Å²) in [4.78, 5) is 4.12. The smallest absolute Gasteiger partial charge is 0.213 e. The molecule has 1 aliphatic rings. The van der Waals surface area contributed by atoms with Crippen LogP contribution in [0.1, 0.15) is 62.7 Å². The third kappa shape index (κ3) is 10.5. The summed E-state index contributed by atoms with van der Waals surface area (Å²) >= 11 is 0. The van der Waals surface area contributed by atoms with Crippen LogP contribution in [0.3, 0.4) is 0 Å². The third-order valence-corrected chi connectivity index (χ3v) is 5.89. The van der Waals surface area contributed by atoms with E-state index in [1.54, 1.807) is 6.20 Å². The molecule has 2 heterocycles. The highest BCUT2D eigenvalue weighted by molar-refractivity contribution is 5.30. The summed E-state index contributed by atoms with van der Waals surface area (Å²) in [6.07, 6.45) is 5.03. The quantitative estimate of drug-likeness (QED) is 0.362. The molecule has 0 bridgehead atoms. The van der Waals surface area contributed by atoms with E-state index in [9.17, 15) is 0 Å². The predicted octanol–water partition coefficient (Wildman–Crippen LogP) is 6.46. The van der Waals surface area contributed by atoms with Gasteiger partial charge >= 0.3 is 0 Å². The first-order valence-corrected chi connectivity index (χ1v) is 12.8. The van der Waals surface area contributed by atoms with Crippen LogP contribution < -0.4 is 14.8 Å². The number of benzene rings is 2. The van der Waals surface area contributed by atoms with Gasteiger partial charge < -0.3 is 19.9 Å². The molecule has 0 amide bonds. The Labute approximate surface area is 213 Å². The monoisotopic (exact) mass is 480 g/mol. The molecule has 1 saturated heterocycles. The Morgan fingerprint density at radius 3 is 2.26 bits per heavy atom. The molecule has 0 atom stereocenters. The molecule has 35 heavy (non-hydrogen) atoms.